The third-order valence-electron chi connectivity index (χ3n) is 3.38. The van der Waals surface area contributed by atoms with E-state index in [1.165, 1.54) is 5.56 Å². The Morgan fingerprint density at radius 3 is 2.55 bits per heavy atom. The Labute approximate surface area is 131 Å². The molecule has 108 valence electrons. The van der Waals surface area contributed by atoms with E-state index in [2.05, 4.69) is 34.5 Å². The van der Waals surface area contributed by atoms with Gasteiger partial charge in [-0.1, -0.05) is 64.5 Å². The van der Waals surface area contributed by atoms with Crippen LogP contribution >= 0.6 is 11.3 Å². The van der Waals surface area contributed by atoms with Crippen molar-refractivity contribution < 1.29 is 4.52 Å². The molecular formula is C17H13N3OS. The van der Waals surface area contributed by atoms with Crippen molar-refractivity contribution in [1.82, 2.24) is 10.1 Å². The van der Waals surface area contributed by atoms with Crippen LogP contribution in [0.5, 0.6) is 0 Å². The molecule has 0 aliphatic rings. The van der Waals surface area contributed by atoms with Crippen LogP contribution in [0.15, 0.2) is 59.1 Å². The Balaban J connectivity index is 1.70. The first-order valence-corrected chi connectivity index (χ1v) is 7.76. The summed E-state index contributed by atoms with van der Waals surface area (Å²) in [7, 11) is 0. The minimum Gasteiger partial charge on any atom is -0.334 e. The molecule has 0 spiro atoms. The van der Waals surface area contributed by atoms with Crippen molar-refractivity contribution in [1.29, 1.82) is 0 Å². The molecule has 0 saturated carbocycles. The van der Waals surface area contributed by atoms with Gasteiger partial charge in [-0.3, -0.25) is 0 Å². The van der Waals surface area contributed by atoms with E-state index in [1.807, 2.05) is 42.5 Å². The van der Waals surface area contributed by atoms with Gasteiger partial charge in [0.2, 0.25) is 0 Å². The third kappa shape index (κ3) is 2.35. The van der Waals surface area contributed by atoms with Crippen molar-refractivity contribution in [3.8, 4) is 11.3 Å². The fourth-order valence-electron chi connectivity index (χ4n) is 2.24. The molecule has 0 fully saturated rings. The lowest BCUT2D eigenvalue weighted by atomic mass is 10.2. The van der Waals surface area contributed by atoms with Crippen LogP contribution in [0.1, 0.15) is 5.56 Å². The molecule has 1 N–H and O–H groups in total. The van der Waals surface area contributed by atoms with E-state index in [4.69, 9.17) is 4.52 Å². The minimum absolute atomic E-state index is 0.568. The number of anilines is 2. The highest BCUT2D eigenvalue weighted by atomic mass is 32.1. The summed E-state index contributed by atoms with van der Waals surface area (Å²) in [5.41, 5.74) is 4.68. The monoisotopic (exact) mass is 307 g/mol. The number of benzene rings is 2. The highest BCUT2D eigenvalue weighted by Gasteiger charge is 2.15. The maximum Gasteiger partial charge on any atom is 0.271 e. The number of aromatic nitrogens is 2. The Kier molecular flexibility index (Phi) is 3.12. The molecule has 0 aliphatic carbocycles. The van der Waals surface area contributed by atoms with E-state index in [0.717, 1.165) is 26.8 Å². The van der Waals surface area contributed by atoms with Crippen LogP contribution < -0.4 is 5.32 Å². The average molecular weight is 307 g/mol. The average Bonchev–Trinajstić information content (AvgIpc) is 3.10. The summed E-state index contributed by atoms with van der Waals surface area (Å²) in [5.74, 6) is 0. The fraction of sp³-hybridized carbons (Fsp3) is 0.0588. The summed E-state index contributed by atoms with van der Waals surface area (Å²) in [6, 6.07) is 18.2. The van der Waals surface area contributed by atoms with Crippen LogP contribution in [-0.2, 0) is 0 Å². The molecule has 0 saturated heterocycles. The Bertz CT molecular complexity index is 910. The summed E-state index contributed by atoms with van der Waals surface area (Å²) in [4.78, 5) is 4.45. The zero-order valence-electron chi connectivity index (χ0n) is 11.9. The maximum atomic E-state index is 5.35. The molecule has 0 atom stereocenters. The predicted octanol–water partition coefficient (Wildman–Crippen LogP) is 5.00. The first-order chi connectivity index (χ1) is 10.8. The number of thiazole rings is 1. The van der Waals surface area contributed by atoms with Crippen molar-refractivity contribution in [2.75, 3.05) is 5.32 Å². The van der Waals surface area contributed by atoms with E-state index in [0.29, 0.717) is 5.71 Å². The number of nitrogens with one attached hydrogen (secondary N) is 1. The van der Waals surface area contributed by atoms with Gasteiger partial charge < -0.3 is 9.84 Å². The standard InChI is InChI=1S/C17H13N3OS/c1-11-7-9-13(10-8-11)18-17-19-16-15(22-17)14(20-21-16)12-5-3-2-4-6-12/h2-10H,1H3,(H,18,19). The first-order valence-electron chi connectivity index (χ1n) is 6.95. The van der Waals surface area contributed by atoms with E-state index >= 15 is 0 Å². The molecular weight excluding hydrogens is 294 g/mol. The highest BCUT2D eigenvalue weighted by molar-refractivity contribution is 7.22. The van der Waals surface area contributed by atoms with Gasteiger partial charge in [0.1, 0.15) is 10.4 Å². The SMILES string of the molecule is Cc1ccc(Nc2nc3onc(-c4ccccc4)c3s2)cc1. The molecule has 2 aromatic carbocycles. The van der Waals surface area contributed by atoms with Gasteiger partial charge in [-0.05, 0) is 19.1 Å². The van der Waals surface area contributed by atoms with Crippen LogP contribution in [0.25, 0.3) is 21.7 Å². The zero-order valence-corrected chi connectivity index (χ0v) is 12.7. The van der Waals surface area contributed by atoms with Crippen molar-refractivity contribution in [2.24, 2.45) is 0 Å². The first kappa shape index (κ1) is 13.0. The third-order valence-corrected chi connectivity index (χ3v) is 4.34. The van der Waals surface area contributed by atoms with Gasteiger partial charge in [0, 0.05) is 11.3 Å². The molecule has 0 bridgehead atoms. The van der Waals surface area contributed by atoms with Gasteiger partial charge in [0.15, 0.2) is 5.13 Å². The second-order valence-electron chi connectivity index (χ2n) is 5.04. The normalized spacial score (nSPS) is 11.0. The van der Waals surface area contributed by atoms with Crippen molar-refractivity contribution in [3.63, 3.8) is 0 Å². The van der Waals surface area contributed by atoms with Gasteiger partial charge in [0.25, 0.3) is 5.71 Å². The Morgan fingerprint density at radius 1 is 1.00 bits per heavy atom. The molecule has 0 amide bonds. The fourth-order valence-corrected chi connectivity index (χ4v) is 3.15. The van der Waals surface area contributed by atoms with Crippen LogP contribution in [0.3, 0.4) is 0 Å². The topological polar surface area (TPSA) is 51.0 Å². The van der Waals surface area contributed by atoms with Crippen LogP contribution in [0, 0.1) is 6.92 Å². The van der Waals surface area contributed by atoms with Crippen LogP contribution in [0.4, 0.5) is 10.8 Å². The van der Waals surface area contributed by atoms with Crippen LogP contribution in [-0.4, -0.2) is 10.1 Å². The summed E-state index contributed by atoms with van der Waals surface area (Å²) < 4.78 is 6.31. The van der Waals surface area contributed by atoms with Gasteiger partial charge in [-0.2, -0.15) is 4.98 Å². The molecule has 0 radical (unpaired) electrons. The van der Waals surface area contributed by atoms with E-state index in [9.17, 15) is 0 Å². The summed E-state index contributed by atoms with van der Waals surface area (Å²) in [6.45, 7) is 2.07. The summed E-state index contributed by atoms with van der Waals surface area (Å²) in [5, 5.41) is 8.24. The van der Waals surface area contributed by atoms with Crippen molar-refractivity contribution in [3.05, 3.63) is 60.2 Å². The Hall–Kier alpha value is -2.66. The lowest BCUT2D eigenvalue weighted by Crippen LogP contribution is -1.88. The van der Waals surface area contributed by atoms with E-state index in [-0.39, 0.29) is 0 Å². The van der Waals surface area contributed by atoms with Gasteiger partial charge in [-0.15, -0.1) is 0 Å². The summed E-state index contributed by atoms with van der Waals surface area (Å²) in [6.07, 6.45) is 0. The molecule has 2 heterocycles. The Morgan fingerprint density at radius 2 is 1.77 bits per heavy atom. The lowest BCUT2D eigenvalue weighted by molar-refractivity contribution is 0.452. The van der Waals surface area contributed by atoms with Gasteiger partial charge in [0.05, 0.1) is 0 Å². The quantitative estimate of drug-likeness (QED) is 0.578. The summed E-state index contributed by atoms with van der Waals surface area (Å²) >= 11 is 1.55. The van der Waals surface area contributed by atoms with Crippen molar-refractivity contribution in [2.45, 2.75) is 6.92 Å². The maximum absolute atomic E-state index is 5.35. The largest absolute Gasteiger partial charge is 0.334 e. The number of hydrogen-bond donors (Lipinski definition) is 1. The number of hydrogen-bond acceptors (Lipinski definition) is 5. The molecule has 4 aromatic rings. The lowest BCUT2D eigenvalue weighted by Gasteiger charge is -2.01. The van der Waals surface area contributed by atoms with Gasteiger partial charge in [-0.25, -0.2) is 0 Å². The molecule has 2 aromatic heterocycles. The molecule has 5 heteroatoms. The van der Waals surface area contributed by atoms with E-state index < -0.39 is 0 Å². The van der Waals surface area contributed by atoms with Crippen LogP contribution in [0.2, 0.25) is 0 Å². The highest BCUT2D eigenvalue weighted by Crippen LogP contribution is 2.35. The number of rotatable bonds is 3. The second kappa shape index (κ2) is 5.27. The molecule has 4 nitrogen and oxygen atoms in total. The number of nitrogens with zero attached hydrogens (tertiary/aromatic N) is 2. The predicted molar refractivity (Wildman–Crippen MR) is 89.6 cm³/mol. The molecule has 0 unspecified atom stereocenters. The molecule has 4 rings (SSSR count). The van der Waals surface area contributed by atoms with Gasteiger partial charge >= 0.3 is 0 Å². The molecule has 22 heavy (non-hydrogen) atoms. The second-order valence-corrected chi connectivity index (χ2v) is 6.04. The van der Waals surface area contributed by atoms with Crippen molar-refractivity contribution >= 4 is 32.6 Å². The zero-order chi connectivity index (χ0) is 14.9. The molecule has 0 aliphatic heterocycles. The smallest absolute Gasteiger partial charge is 0.271 e. The minimum atomic E-state index is 0.568. The van der Waals surface area contributed by atoms with E-state index in [1.54, 1.807) is 11.3 Å². The number of aryl methyl sites for hydroxylation is 1. The number of fused-ring (bicyclic) bond motifs is 1.